The molecule has 1 aliphatic rings. The van der Waals surface area contributed by atoms with Crippen molar-refractivity contribution < 1.29 is 13.9 Å². The lowest BCUT2D eigenvalue weighted by Gasteiger charge is -2.22. The Balaban J connectivity index is 1.91. The number of aryl methyl sites for hydroxylation is 1. The first-order valence-electron chi connectivity index (χ1n) is 9.37. The van der Waals surface area contributed by atoms with Gasteiger partial charge in [0, 0.05) is 11.1 Å². The molecule has 0 aliphatic heterocycles. The maximum Gasteiger partial charge on any atom is 0.232 e. The summed E-state index contributed by atoms with van der Waals surface area (Å²) in [6, 6.07) is 15.8. The zero-order valence-corrected chi connectivity index (χ0v) is 17.3. The molecule has 4 rings (SSSR count). The molecular formula is C24H18ClFN2O2. The van der Waals surface area contributed by atoms with Gasteiger partial charge >= 0.3 is 0 Å². The van der Waals surface area contributed by atoms with Crippen LogP contribution in [0.3, 0.4) is 0 Å². The maximum atomic E-state index is 13.4. The molecule has 0 fully saturated rings. The number of methoxy groups -OCH3 is 2. The fourth-order valence-corrected chi connectivity index (χ4v) is 4.07. The fourth-order valence-electron chi connectivity index (χ4n) is 3.69. The van der Waals surface area contributed by atoms with Crippen molar-refractivity contribution in [1.29, 1.82) is 5.26 Å². The van der Waals surface area contributed by atoms with Crippen molar-refractivity contribution >= 4 is 22.2 Å². The Bertz CT molecular complexity index is 1200. The molecule has 0 saturated carbocycles. The summed E-state index contributed by atoms with van der Waals surface area (Å²) < 4.78 is 24.1. The van der Waals surface area contributed by atoms with Crippen LogP contribution >= 0.6 is 11.6 Å². The topological polar surface area (TPSA) is 55.1 Å². The van der Waals surface area contributed by atoms with Gasteiger partial charge in [-0.1, -0.05) is 11.6 Å². The number of halogens is 2. The van der Waals surface area contributed by atoms with E-state index < -0.39 is 0 Å². The van der Waals surface area contributed by atoms with Crippen LogP contribution in [-0.4, -0.2) is 19.2 Å². The molecule has 0 amide bonds. The van der Waals surface area contributed by atoms with Crippen molar-refractivity contribution in [2.45, 2.75) is 12.8 Å². The van der Waals surface area contributed by atoms with E-state index in [1.165, 1.54) is 19.2 Å². The second-order valence-electron chi connectivity index (χ2n) is 6.87. The molecule has 0 spiro atoms. The van der Waals surface area contributed by atoms with Crippen LogP contribution in [0, 0.1) is 17.1 Å². The summed E-state index contributed by atoms with van der Waals surface area (Å²) in [5, 5.41) is 10.4. The Morgan fingerprint density at radius 1 is 1.00 bits per heavy atom. The average Bonchev–Trinajstić information content (AvgIpc) is 2.78. The predicted octanol–water partition coefficient (Wildman–Crippen LogP) is 5.83. The molecule has 3 aromatic rings. The smallest absolute Gasteiger partial charge is 0.232 e. The monoisotopic (exact) mass is 420 g/mol. The number of fused-ring (bicyclic) bond motifs is 1. The largest absolute Gasteiger partial charge is 0.497 e. The molecule has 4 nitrogen and oxygen atoms in total. The van der Waals surface area contributed by atoms with Gasteiger partial charge < -0.3 is 9.47 Å². The summed E-state index contributed by atoms with van der Waals surface area (Å²) in [7, 11) is 3.10. The average molecular weight is 421 g/mol. The highest BCUT2D eigenvalue weighted by molar-refractivity contribution is 6.53. The lowest BCUT2D eigenvalue weighted by Crippen LogP contribution is -2.06. The van der Waals surface area contributed by atoms with Crippen molar-refractivity contribution in [1.82, 2.24) is 4.98 Å². The number of allylic oxidation sites excluding steroid dienone is 1. The molecule has 0 unspecified atom stereocenters. The summed E-state index contributed by atoms with van der Waals surface area (Å²) in [4.78, 5) is 4.46. The molecule has 0 saturated heterocycles. The van der Waals surface area contributed by atoms with Crippen molar-refractivity contribution in [2.24, 2.45) is 0 Å². The SMILES string of the molecule is COc1ccc2c(c1)CCC(c1cc(-c3ccc(F)cc3)nc(OC)c1C#N)=C2Cl. The molecule has 150 valence electrons. The van der Waals surface area contributed by atoms with Crippen LogP contribution in [-0.2, 0) is 6.42 Å². The fraction of sp³-hybridized carbons (Fsp3) is 0.167. The standard InChI is InChI=1S/C24H18ClFN2O2/c1-29-17-8-10-18-15(11-17)5-9-19(23(18)25)20-12-22(14-3-6-16(26)7-4-14)28-24(30-2)21(20)13-27/h3-4,6-8,10-12H,5,9H2,1-2H3. The Morgan fingerprint density at radius 2 is 1.77 bits per heavy atom. The van der Waals surface area contributed by atoms with Gasteiger partial charge in [0.05, 0.1) is 24.9 Å². The number of benzene rings is 2. The van der Waals surface area contributed by atoms with Crippen LogP contribution in [0.25, 0.3) is 21.9 Å². The van der Waals surface area contributed by atoms with E-state index in [4.69, 9.17) is 21.1 Å². The number of ether oxygens (including phenoxy) is 2. The lowest BCUT2D eigenvalue weighted by molar-refractivity contribution is 0.397. The number of rotatable bonds is 4. The van der Waals surface area contributed by atoms with Crippen LogP contribution in [0.5, 0.6) is 11.6 Å². The highest BCUT2D eigenvalue weighted by Crippen LogP contribution is 2.43. The summed E-state index contributed by atoms with van der Waals surface area (Å²) in [6.45, 7) is 0. The Morgan fingerprint density at radius 3 is 2.43 bits per heavy atom. The molecule has 0 N–H and O–H groups in total. The first-order valence-corrected chi connectivity index (χ1v) is 9.75. The van der Waals surface area contributed by atoms with Crippen LogP contribution in [0.1, 0.15) is 28.7 Å². The zero-order chi connectivity index (χ0) is 21.3. The third-order valence-corrected chi connectivity index (χ3v) is 5.65. The highest BCUT2D eigenvalue weighted by Gasteiger charge is 2.24. The number of aromatic nitrogens is 1. The van der Waals surface area contributed by atoms with Gasteiger partial charge in [-0.3, -0.25) is 0 Å². The van der Waals surface area contributed by atoms with Gasteiger partial charge in [-0.15, -0.1) is 0 Å². The van der Waals surface area contributed by atoms with E-state index in [-0.39, 0.29) is 11.7 Å². The highest BCUT2D eigenvalue weighted by atomic mass is 35.5. The summed E-state index contributed by atoms with van der Waals surface area (Å²) in [6.07, 6.45) is 1.42. The van der Waals surface area contributed by atoms with E-state index in [1.807, 2.05) is 24.3 Å². The number of pyridine rings is 1. The Kier molecular flexibility index (Phi) is 5.43. The summed E-state index contributed by atoms with van der Waals surface area (Å²) in [5.74, 6) is 0.667. The van der Waals surface area contributed by atoms with E-state index in [0.29, 0.717) is 28.3 Å². The second-order valence-corrected chi connectivity index (χ2v) is 7.25. The van der Waals surface area contributed by atoms with Gasteiger partial charge in [0.25, 0.3) is 0 Å². The van der Waals surface area contributed by atoms with Gasteiger partial charge in [-0.2, -0.15) is 5.26 Å². The van der Waals surface area contributed by atoms with Crippen molar-refractivity contribution in [3.05, 3.63) is 76.6 Å². The number of hydrogen-bond donors (Lipinski definition) is 0. The quantitative estimate of drug-likeness (QED) is 0.532. The predicted molar refractivity (Wildman–Crippen MR) is 115 cm³/mol. The van der Waals surface area contributed by atoms with Crippen molar-refractivity contribution in [3.63, 3.8) is 0 Å². The minimum Gasteiger partial charge on any atom is -0.497 e. The minimum absolute atomic E-state index is 0.215. The first-order chi connectivity index (χ1) is 14.5. The van der Waals surface area contributed by atoms with Crippen molar-refractivity contribution in [2.75, 3.05) is 14.2 Å². The third kappa shape index (κ3) is 3.51. The van der Waals surface area contributed by atoms with Crippen LogP contribution in [0.4, 0.5) is 4.39 Å². The summed E-state index contributed by atoms with van der Waals surface area (Å²) >= 11 is 6.81. The van der Waals surface area contributed by atoms with Crippen LogP contribution < -0.4 is 9.47 Å². The molecule has 30 heavy (non-hydrogen) atoms. The Labute approximate surface area is 179 Å². The van der Waals surface area contributed by atoms with Crippen LogP contribution in [0.15, 0.2) is 48.5 Å². The van der Waals surface area contributed by atoms with Gasteiger partial charge in [-0.25, -0.2) is 9.37 Å². The lowest BCUT2D eigenvalue weighted by atomic mass is 9.86. The number of nitrogens with zero attached hydrogens (tertiary/aromatic N) is 2. The molecule has 0 bridgehead atoms. The minimum atomic E-state index is -0.329. The van der Waals surface area contributed by atoms with E-state index in [0.717, 1.165) is 34.4 Å². The number of hydrogen-bond acceptors (Lipinski definition) is 4. The molecule has 1 aliphatic carbocycles. The van der Waals surface area contributed by atoms with Crippen molar-refractivity contribution in [3.8, 4) is 29.0 Å². The normalized spacial score (nSPS) is 12.9. The molecule has 0 radical (unpaired) electrons. The third-order valence-electron chi connectivity index (χ3n) is 5.21. The van der Waals surface area contributed by atoms with E-state index in [1.54, 1.807) is 19.2 Å². The Hall–Kier alpha value is -3.36. The van der Waals surface area contributed by atoms with Crippen LogP contribution in [0.2, 0.25) is 0 Å². The first kappa shape index (κ1) is 19.9. The van der Waals surface area contributed by atoms with E-state index >= 15 is 0 Å². The molecule has 6 heteroatoms. The van der Waals surface area contributed by atoms with Gasteiger partial charge in [-0.05, 0) is 78.1 Å². The molecule has 0 atom stereocenters. The number of nitriles is 1. The van der Waals surface area contributed by atoms with E-state index in [9.17, 15) is 9.65 Å². The van der Waals surface area contributed by atoms with Gasteiger partial charge in [0.15, 0.2) is 0 Å². The molecule has 1 heterocycles. The summed E-state index contributed by atoms with van der Waals surface area (Å²) in [5.41, 5.74) is 5.18. The van der Waals surface area contributed by atoms with E-state index in [2.05, 4.69) is 11.1 Å². The molecule has 1 aromatic heterocycles. The maximum absolute atomic E-state index is 13.4. The second kappa shape index (κ2) is 8.17. The van der Waals surface area contributed by atoms with Gasteiger partial charge in [0.1, 0.15) is 23.2 Å². The zero-order valence-electron chi connectivity index (χ0n) is 16.5. The molecular weight excluding hydrogens is 403 g/mol. The van der Waals surface area contributed by atoms with Gasteiger partial charge in [0.2, 0.25) is 5.88 Å². The molecule has 2 aromatic carbocycles.